The van der Waals surface area contributed by atoms with Crippen molar-refractivity contribution in [3.05, 3.63) is 54.1 Å². The Kier molecular flexibility index (Phi) is 9.20. The minimum absolute atomic E-state index is 0.119. The van der Waals surface area contributed by atoms with Gasteiger partial charge in [-0.15, -0.1) is 0 Å². The summed E-state index contributed by atoms with van der Waals surface area (Å²) in [6.45, 7) is 21.5. The monoisotopic (exact) mass is 560 g/mol. The first-order valence-corrected chi connectivity index (χ1v) is 17.1. The second-order valence-corrected chi connectivity index (χ2v) is 17.8. The fourth-order valence-electron chi connectivity index (χ4n) is 6.45. The normalized spacial score (nSPS) is 15.2. The standard InChI is InChI=1S/C32H48N6OSi/c1-10-12-30(39-40(21(4)5,22(6)7)23(8)9)29-16-28(36-32(33)37-29)27-18-35-31-26(27)15-25(17-34-31)24-13-11-14-38(19-24)20(2)3/h11,13,15-23,30H,10,12,14H2,1-9H3,(H,34,35)(H2,33,36,37). The van der Waals surface area contributed by atoms with E-state index in [9.17, 15) is 0 Å². The molecule has 0 saturated carbocycles. The minimum Gasteiger partial charge on any atom is -0.408 e. The summed E-state index contributed by atoms with van der Waals surface area (Å²) >= 11 is 0. The highest BCUT2D eigenvalue weighted by Gasteiger charge is 2.47. The van der Waals surface area contributed by atoms with Crippen LogP contribution in [0.1, 0.15) is 92.5 Å². The molecule has 8 heteroatoms. The van der Waals surface area contributed by atoms with Crippen LogP contribution in [0.15, 0.2) is 42.9 Å². The molecule has 0 fully saturated rings. The van der Waals surface area contributed by atoms with Gasteiger partial charge in [-0.3, -0.25) is 0 Å². The van der Waals surface area contributed by atoms with Gasteiger partial charge in [0.25, 0.3) is 0 Å². The smallest absolute Gasteiger partial charge is 0.220 e. The van der Waals surface area contributed by atoms with Gasteiger partial charge in [-0.2, -0.15) is 0 Å². The van der Waals surface area contributed by atoms with Crippen molar-refractivity contribution in [2.75, 3.05) is 12.3 Å². The Bertz CT molecular complexity index is 1350. The van der Waals surface area contributed by atoms with E-state index in [1.54, 1.807) is 0 Å². The van der Waals surface area contributed by atoms with E-state index in [4.69, 9.17) is 20.1 Å². The van der Waals surface area contributed by atoms with Gasteiger partial charge in [0, 0.05) is 47.7 Å². The van der Waals surface area contributed by atoms with Crippen LogP contribution in [-0.4, -0.2) is 45.7 Å². The largest absolute Gasteiger partial charge is 0.408 e. The fraction of sp³-hybridized carbons (Fsp3) is 0.531. The van der Waals surface area contributed by atoms with Gasteiger partial charge in [0.05, 0.1) is 17.5 Å². The van der Waals surface area contributed by atoms with Gasteiger partial charge in [-0.1, -0.05) is 67.0 Å². The second-order valence-electron chi connectivity index (χ2n) is 12.3. The van der Waals surface area contributed by atoms with Crippen LogP contribution in [0.3, 0.4) is 0 Å². The van der Waals surface area contributed by atoms with Gasteiger partial charge in [0.15, 0.2) is 0 Å². The van der Waals surface area contributed by atoms with Crippen molar-refractivity contribution in [3.63, 3.8) is 0 Å². The topological polar surface area (TPSA) is 93.0 Å². The number of rotatable bonds is 11. The lowest BCUT2D eigenvalue weighted by Gasteiger charge is -2.44. The predicted octanol–water partition coefficient (Wildman–Crippen LogP) is 8.26. The summed E-state index contributed by atoms with van der Waals surface area (Å²) in [7, 11) is -2.13. The van der Waals surface area contributed by atoms with Gasteiger partial charge in [-0.25, -0.2) is 15.0 Å². The molecule has 1 atom stereocenters. The molecule has 0 aliphatic carbocycles. The molecule has 0 saturated heterocycles. The molecule has 0 radical (unpaired) electrons. The quantitative estimate of drug-likeness (QED) is 0.229. The summed E-state index contributed by atoms with van der Waals surface area (Å²) in [5.41, 5.74) is 13.5. The number of anilines is 1. The Balaban J connectivity index is 1.77. The molecule has 0 amide bonds. The summed E-state index contributed by atoms with van der Waals surface area (Å²) in [4.78, 5) is 19.8. The van der Waals surface area contributed by atoms with Crippen LogP contribution in [0.2, 0.25) is 16.6 Å². The third kappa shape index (κ3) is 5.88. The summed E-state index contributed by atoms with van der Waals surface area (Å²) in [5, 5.41) is 1.01. The number of aromatic amines is 1. The maximum atomic E-state index is 7.24. The first-order chi connectivity index (χ1) is 19.0. The highest BCUT2D eigenvalue weighted by molar-refractivity contribution is 6.77. The number of H-pyrrole nitrogens is 1. The number of pyridine rings is 1. The number of allylic oxidation sites excluding steroid dienone is 2. The molecule has 0 aromatic carbocycles. The zero-order chi connectivity index (χ0) is 29.2. The molecule has 40 heavy (non-hydrogen) atoms. The number of nitrogens with one attached hydrogen (secondary N) is 1. The van der Waals surface area contributed by atoms with E-state index in [1.165, 1.54) is 0 Å². The van der Waals surface area contributed by atoms with Crippen LogP contribution < -0.4 is 5.73 Å². The minimum atomic E-state index is -2.13. The molecule has 0 spiro atoms. The average Bonchev–Trinajstić information content (AvgIpc) is 3.33. The Labute approximate surface area is 241 Å². The van der Waals surface area contributed by atoms with Crippen LogP contribution in [0.5, 0.6) is 0 Å². The Morgan fingerprint density at radius 2 is 1.73 bits per heavy atom. The van der Waals surface area contributed by atoms with E-state index in [1.807, 2.05) is 12.4 Å². The Morgan fingerprint density at radius 1 is 1.02 bits per heavy atom. The number of nitrogens with two attached hydrogens (primary N) is 1. The third-order valence-electron chi connectivity index (χ3n) is 8.42. The SMILES string of the molecule is CCCC(O[Si](C(C)C)(C(C)C)C(C)C)c1cc(-c2c[nH]c3ncc(C4=CN(C(C)C)CC=C4)cc23)nc(N)n1. The zero-order valence-electron chi connectivity index (χ0n) is 25.8. The average molecular weight is 561 g/mol. The highest BCUT2D eigenvalue weighted by atomic mass is 28.4. The van der Waals surface area contributed by atoms with Gasteiger partial charge < -0.3 is 20.0 Å². The molecule has 4 heterocycles. The third-order valence-corrected chi connectivity index (χ3v) is 14.5. The van der Waals surface area contributed by atoms with Gasteiger partial charge in [-0.05, 0) is 54.6 Å². The van der Waals surface area contributed by atoms with Crippen molar-refractivity contribution in [1.29, 1.82) is 0 Å². The van der Waals surface area contributed by atoms with Crippen LogP contribution in [0.25, 0.3) is 27.9 Å². The van der Waals surface area contributed by atoms with Crippen molar-refractivity contribution >= 4 is 30.9 Å². The Morgan fingerprint density at radius 3 is 2.35 bits per heavy atom. The van der Waals surface area contributed by atoms with Crippen molar-refractivity contribution in [1.82, 2.24) is 24.8 Å². The van der Waals surface area contributed by atoms with Crippen LogP contribution in [0.4, 0.5) is 5.95 Å². The van der Waals surface area contributed by atoms with E-state index in [2.05, 4.69) is 108 Å². The number of nitrogen functional groups attached to an aromatic ring is 1. The molecule has 1 aliphatic rings. The number of fused-ring (bicyclic) bond motifs is 1. The van der Waals surface area contributed by atoms with Crippen molar-refractivity contribution in [3.8, 4) is 11.3 Å². The Hall–Kier alpha value is -2.97. The maximum absolute atomic E-state index is 7.24. The summed E-state index contributed by atoms with van der Waals surface area (Å²) in [6, 6.07) is 4.70. The number of aromatic nitrogens is 4. The molecule has 0 bridgehead atoms. The van der Waals surface area contributed by atoms with Crippen LogP contribution >= 0.6 is 0 Å². The molecule has 7 nitrogen and oxygen atoms in total. The van der Waals surface area contributed by atoms with Crippen LogP contribution in [-0.2, 0) is 4.43 Å². The van der Waals surface area contributed by atoms with Gasteiger partial charge in [0.1, 0.15) is 5.65 Å². The first-order valence-electron chi connectivity index (χ1n) is 14.9. The summed E-state index contributed by atoms with van der Waals surface area (Å²) < 4.78 is 7.24. The second kappa shape index (κ2) is 12.3. The summed E-state index contributed by atoms with van der Waals surface area (Å²) in [6.07, 6.45) is 12.3. The lowest BCUT2D eigenvalue weighted by atomic mass is 10.0. The van der Waals surface area contributed by atoms with E-state index in [0.29, 0.717) is 22.7 Å². The van der Waals surface area contributed by atoms with E-state index in [0.717, 1.165) is 58.5 Å². The van der Waals surface area contributed by atoms with E-state index >= 15 is 0 Å². The molecule has 3 N–H and O–H groups in total. The van der Waals surface area contributed by atoms with Crippen LogP contribution in [0, 0.1) is 0 Å². The number of hydrogen-bond acceptors (Lipinski definition) is 6. The lowest BCUT2D eigenvalue weighted by molar-refractivity contribution is 0.161. The highest BCUT2D eigenvalue weighted by Crippen LogP contribution is 2.46. The number of nitrogens with zero attached hydrogens (tertiary/aromatic N) is 4. The first kappa shape index (κ1) is 30.0. The molecular formula is C32H48N6OSi. The predicted molar refractivity (Wildman–Crippen MR) is 170 cm³/mol. The summed E-state index contributed by atoms with van der Waals surface area (Å²) in [5.74, 6) is 0.270. The maximum Gasteiger partial charge on any atom is 0.220 e. The zero-order valence-corrected chi connectivity index (χ0v) is 26.8. The van der Waals surface area contributed by atoms with Crippen molar-refractivity contribution in [2.45, 2.75) is 104 Å². The molecule has 4 rings (SSSR count). The molecule has 216 valence electrons. The van der Waals surface area contributed by atoms with E-state index in [-0.39, 0.29) is 12.1 Å². The molecule has 3 aromatic rings. The van der Waals surface area contributed by atoms with Gasteiger partial charge in [0.2, 0.25) is 14.3 Å². The molecular weight excluding hydrogens is 512 g/mol. The number of hydrogen-bond donors (Lipinski definition) is 2. The van der Waals surface area contributed by atoms with Crippen molar-refractivity contribution < 1.29 is 4.43 Å². The van der Waals surface area contributed by atoms with Gasteiger partial charge >= 0.3 is 0 Å². The van der Waals surface area contributed by atoms with Crippen molar-refractivity contribution in [2.24, 2.45) is 0 Å². The molecule has 1 unspecified atom stereocenters. The fourth-order valence-corrected chi connectivity index (χ4v) is 12.0. The molecule has 3 aromatic heterocycles. The molecule has 1 aliphatic heterocycles. The lowest BCUT2D eigenvalue weighted by Crippen LogP contribution is -2.48. The van der Waals surface area contributed by atoms with E-state index < -0.39 is 8.32 Å².